The van der Waals surface area contributed by atoms with Crippen molar-refractivity contribution in [3.05, 3.63) is 72.1 Å². The van der Waals surface area contributed by atoms with Gasteiger partial charge >= 0.3 is 0 Å². The quantitative estimate of drug-likeness (QED) is 0.402. The molecule has 0 aliphatic rings. The Labute approximate surface area is 138 Å². The summed E-state index contributed by atoms with van der Waals surface area (Å²) in [5.74, 6) is -7.12. The zero-order valence-corrected chi connectivity index (χ0v) is 12.9. The minimum atomic E-state index is -2.10. The van der Waals surface area contributed by atoms with E-state index < -0.39 is 43.6 Å². The highest BCUT2D eigenvalue weighted by molar-refractivity contribution is 7.79. The van der Waals surface area contributed by atoms with Crippen molar-refractivity contribution in [1.82, 2.24) is 15.0 Å². The van der Waals surface area contributed by atoms with E-state index in [0.29, 0.717) is 0 Å². The Kier molecular flexibility index (Phi) is 4.67. The zero-order chi connectivity index (χ0) is 18.1. The summed E-state index contributed by atoms with van der Waals surface area (Å²) in [6, 6.07) is 4.92. The van der Waals surface area contributed by atoms with Crippen LogP contribution in [0.5, 0.6) is 0 Å². The first-order valence-electron chi connectivity index (χ1n) is 6.61. The molecule has 0 amide bonds. The first kappa shape index (κ1) is 17.3. The summed E-state index contributed by atoms with van der Waals surface area (Å²) in [5.41, 5.74) is 0. The summed E-state index contributed by atoms with van der Waals surface area (Å²) in [7, 11) is -2.10. The SMILES string of the molecule is Fc1cc(P(c2cc(F)nc(F)c2)c2cc(F)nc(F)c2)cc(F)n1. The van der Waals surface area contributed by atoms with Gasteiger partial charge in [-0.25, -0.2) is 0 Å². The number of pyridine rings is 3. The van der Waals surface area contributed by atoms with Crippen LogP contribution in [0.15, 0.2) is 36.4 Å². The molecular formula is C15H6F6N3P. The van der Waals surface area contributed by atoms with Crippen molar-refractivity contribution in [1.29, 1.82) is 0 Å². The summed E-state index contributed by atoms with van der Waals surface area (Å²) in [4.78, 5) is 8.79. The van der Waals surface area contributed by atoms with Crippen LogP contribution in [0.25, 0.3) is 0 Å². The monoisotopic (exact) mass is 373 g/mol. The molecule has 25 heavy (non-hydrogen) atoms. The molecule has 0 aliphatic carbocycles. The van der Waals surface area contributed by atoms with Crippen molar-refractivity contribution >= 4 is 23.8 Å². The second-order valence-corrected chi connectivity index (χ2v) is 6.97. The molecule has 10 heteroatoms. The van der Waals surface area contributed by atoms with Gasteiger partial charge in [-0.05, 0) is 23.8 Å². The van der Waals surface area contributed by atoms with E-state index in [1.165, 1.54) is 0 Å². The molecule has 0 atom stereocenters. The van der Waals surface area contributed by atoms with E-state index in [2.05, 4.69) is 15.0 Å². The molecule has 0 fully saturated rings. The van der Waals surface area contributed by atoms with Gasteiger partial charge in [-0.15, -0.1) is 0 Å². The largest absolute Gasteiger partial charge is 0.216 e. The van der Waals surface area contributed by atoms with Gasteiger partial charge in [-0.2, -0.15) is 41.3 Å². The van der Waals surface area contributed by atoms with Gasteiger partial charge in [-0.1, -0.05) is 0 Å². The van der Waals surface area contributed by atoms with Gasteiger partial charge < -0.3 is 0 Å². The standard InChI is InChI=1S/C15H6F6N3P/c16-10-1-7(2-11(17)22-10)25(8-3-12(18)23-13(19)4-8)9-5-14(20)24-15(21)6-9/h1-6H. The summed E-state index contributed by atoms with van der Waals surface area (Å²) < 4.78 is 80.9. The molecular weight excluding hydrogens is 367 g/mol. The third-order valence-electron chi connectivity index (χ3n) is 3.02. The molecule has 0 saturated heterocycles. The van der Waals surface area contributed by atoms with Crippen LogP contribution in [0, 0.1) is 35.7 Å². The first-order chi connectivity index (χ1) is 11.8. The molecule has 3 rings (SSSR count). The molecule has 3 aromatic heterocycles. The van der Waals surface area contributed by atoms with E-state index in [0.717, 1.165) is 36.4 Å². The van der Waals surface area contributed by atoms with Crippen LogP contribution in [-0.4, -0.2) is 15.0 Å². The Hall–Kier alpha value is -2.54. The lowest BCUT2D eigenvalue weighted by Gasteiger charge is -2.19. The van der Waals surface area contributed by atoms with Crippen molar-refractivity contribution in [3.8, 4) is 0 Å². The molecule has 0 N–H and O–H groups in total. The smallest absolute Gasteiger partial charge is 0.191 e. The first-order valence-corrected chi connectivity index (χ1v) is 7.95. The van der Waals surface area contributed by atoms with Gasteiger partial charge in [0.2, 0.25) is 35.7 Å². The van der Waals surface area contributed by atoms with Gasteiger partial charge in [-0.3, -0.25) is 0 Å². The Morgan fingerprint density at radius 3 is 0.840 bits per heavy atom. The number of hydrogen-bond acceptors (Lipinski definition) is 3. The predicted octanol–water partition coefficient (Wildman–Crippen LogP) is 2.46. The number of rotatable bonds is 3. The van der Waals surface area contributed by atoms with Crippen molar-refractivity contribution < 1.29 is 26.3 Å². The Morgan fingerprint density at radius 2 is 0.640 bits per heavy atom. The molecule has 3 heterocycles. The van der Waals surface area contributed by atoms with Gasteiger partial charge in [0.15, 0.2) is 0 Å². The fourth-order valence-corrected chi connectivity index (χ4v) is 4.50. The number of hydrogen-bond donors (Lipinski definition) is 0. The Bertz CT molecular complexity index is 769. The average molecular weight is 373 g/mol. The minimum absolute atomic E-state index is 0.0880. The Morgan fingerprint density at radius 1 is 0.440 bits per heavy atom. The average Bonchev–Trinajstić information content (AvgIpc) is 2.44. The van der Waals surface area contributed by atoms with E-state index in [-0.39, 0.29) is 15.9 Å². The van der Waals surface area contributed by atoms with Crippen molar-refractivity contribution in [3.63, 3.8) is 0 Å². The van der Waals surface area contributed by atoms with Crippen LogP contribution in [0.3, 0.4) is 0 Å². The summed E-state index contributed by atoms with van der Waals surface area (Å²) in [6.45, 7) is 0. The molecule has 0 spiro atoms. The molecule has 3 nitrogen and oxygen atoms in total. The van der Waals surface area contributed by atoms with Gasteiger partial charge in [0.1, 0.15) is 0 Å². The van der Waals surface area contributed by atoms with E-state index in [9.17, 15) is 26.3 Å². The second kappa shape index (κ2) is 6.76. The highest BCUT2D eigenvalue weighted by atomic mass is 31.1. The number of nitrogens with zero attached hydrogens (tertiary/aromatic N) is 3. The maximum Gasteiger partial charge on any atom is 0.216 e. The van der Waals surface area contributed by atoms with Gasteiger partial charge in [0.25, 0.3) is 0 Å². The molecule has 128 valence electrons. The lowest BCUT2D eigenvalue weighted by molar-refractivity contribution is 0.514. The molecule has 0 bridgehead atoms. The van der Waals surface area contributed by atoms with Crippen molar-refractivity contribution in [2.45, 2.75) is 0 Å². The molecule has 0 aromatic carbocycles. The van der Waals surface area contributed by atoms with E-state index >= 15 is 0 Å². The highest BCUT2D eigenvalue weighted by Gasteiger charge is 2.22. The highest BCUT2D eigenvalue weighted by Crippen LogP contribution is 2.33. The lowest BCUT2D eigenvalue weighted by atomic mass is 10.4. The predicted molar refractivity (Wildman–Crippen MR) is 78.3 cm³/mol. The molecule has 0 aliphatic heterocycles. The van der Waals surface area contributed by atoms with Crippen molar-refractivity contribution in [2.24, 2.45) is 0 Å². The summed E-state index contributed by atoms with van der Waals surface area (Å²) in [6.07, 6.45) is 0. The van der Waals surface area contributed by atoms with Crippen LogP contribution in [0.2, 0.25) is 0 Å². The van der Waals surface area contributed by atoms with Crippen LogP contribution < -0.4 is 15.9 Å². The lowest BCUT2D eigenvalue weighted by Crippen LogP contribution is -2.24. The third kappa shape index (κ3) is 3.93. The van der Waals surface area contributed by atoms with E-state index in [4.69, 9.17) is 0 Å². The Balaban J connectivity index is 2.27. The molecule has 3 aromatic rings. The minimum Gasteiger partial charge on any atom is -0.191 e. The second-order valence-electron chi connectivity index (χ2n) is 4.75. The maximum absolute atomic E-state index is 13.5. The fourth-order valence-electron chi connectivity index (χ4n) is 2.19. The van der Waals surface area contributed by atoms with Crippen LogP contribution >= 0.6 is 7.92 Å². The van der Waals surface area contributed by atoms with Crippen LogP contribution in [-0.2, 0) is 0 Å². The fraction of sp³-hybridized carbons (Fsp3) is 0. The zero-order valence-electron chi connectivity index (χ0n) is 12.0. The van der Waals surface area contributed by atoms with E-state index in [1.54, 1.807) is 0 Å². The van der Waals surface area contributed by atoms with Crippen molar-refractivity contribution in [2.75, 3.05) is 0 Å². The molecule has 0 radical (unpaired) electrons. The van der Waals surface area contributed by atoms with Gasteiger partial charge in [0.05, 0.1) is 0 Å². The van der Waals surface area contributed by atoms with Crippen LogP contribution in [0.4, 0.5) is 26.3 Å². The number of aromatic nitrogens is 3. The van der Waals surface area contributed by atoms with E-state index in [1.807, 2.05) is 0 Å². The topological polar surface area (TPSA) is 38.7 Å². The molecule has 0 unspecified atom stereocenters. The molecule has 0 saturated carbocycles. The third-order valence-corrected chi connectivity index (χ3v) is 5.34. The van der Waals surface area contributed by atoms with Crippen LogP contribution in [0.1, 0.15) is 0 Å². The number of halogens is 6. The normalized spacial score (nSPS) is 11.2. The summed E-state index contributed by atoms with van der Waals surface area (Å²) in [5, 5.41) is -0.264. The van der Waals surface area contributed by atoms with Gasteiger partial charge in [0, 0.05) is 36.4 Å². The summed E-state index contributed by atoms with van der Waals surface area (Å²) >= 11 is 0. The maximum atomic E-state index is 13.5.